The number of halogens is 7. The maximum Gasteiger partial charge on any atom is 0.416 e. The van der Waals surface area contributed by atoms with Crippen LogP contribution in [0.1, 0.15) is 5.56 Å². The van der Waals surface area contributed by atoms with Crippen LogP contribution in [0.5, 0.6) is 11.5 Å². The average molecular weight is 460 g/mol. The van der Waals surface area contributed by atoms with E-state index in [9.17, 15) is 31.4 Å². The molecule has 0 radical (unpaired) electrons. The van der Waals surface area contributed by atoms with E-state index in [2.05, 4.69) is 21.2 Å². The van der Waals surface area contributed by atoms with Crippen molar-refractivity contribution in [2.24, 2.45) is 0 Å². The van der Waals surface area contributed by atoms with Crippen molar-refractivity contribution in [3.63, 3.8) is 0 Å². The molecule has 11 heteroatoms. The van der Waals surface area contributed by atoms with Gasteiger partial charge in [0.05, 0.1) is 28.4 Å². The molecule has 0 aromatic heterocycles. The highest BCUT2D eigenvalue weighted by molar-refractivity contribution is 9.10. The molecule has 0 aliphatic carbocycles. The molecular formula is C16H12BrF6NO3. The first-order chi connectivity index (χ1) is 12.5. The Balaban J connectivity index is 2.43. The number of hydrogen-bond acceptors (Lipinski definition) is 4. The quantitative estimate of drug-likeness (QED) is 0.558. The maximum absolute atomic E-state index is 14.0. The minimum atomic E-state index is -4.97. The summed E-state index contributed by atoms with van der Waals surface area (Å²) in [5.41, 5.74) is -1.58. The fraction of sp³-hybridized carbons (Fsp3) is 0.250. The summed E-state index contributed by atoms with van der Waals surface area (Å²) in [7, 11) is 0. The van der Waals surface area contributed by atoms with Crippen LogP contribution in [0.25, 0.3) is 0 Å². The summed E-state index contributed by atoms with van der Waals surface area (Å²) in [6, 6.07) is 2.20. The Morgan fingerprint density at radius 2 is 1.63 bits per heavy atom. The molecule has 0 saturated carbocycles. The second-order valence-corrected chi connectivity index (χ2v) is 6.12. The highest BCUT2D eigenvalue weighted by atomic mass is 79.9. The van der Waals surface area contributed by atoms with Crippen LogP contribution in [-0.2, 0) is 6.18 Å². The lowest BCUT2D eigenvalue weighted by atomic mass is 10.2. The largest absolute Gasteiger partial charge is 0.448 e. The Labute approximate surface area is 157 Å². The molecule has 1 unspecified atom stereocenters. The van der Waals surface area contributed by atoms with Crippen molar-refractivity contribution in [2.45, 2.75) is 12.3 Å². The van der Waals surface area contributed by atoms with Crippen molar-refractivity contribution < 1.29 is 41.3 Å². The van der Waals surface area contributed by atoms with E-state index in [1.165, 1.54) is 0 Å². The summed E-state index contributed by atoms with van der Waals surface area (Å²) in [6.07, 6.45) is -6.16. The van der Waals surface area contributed by atoms with Gasteiger partial charge in [0.25, 0.3) is 0 Å². The predicted molar refractivity (Wildman–Crippen MR) is 87.1 cm³/mol. The summed E-state index contributed by atoms with van der Waals surface area (Å²) in [5, 5.41) is 20.7. The molecule has 3 N–H and O–H groups in total. The van der Waals surface area contributed by atoms with Crippen LogP contribution in [0.15, 0.2) is 28.7 Å². The lowest BCUT2D eigenvalue weighted by Gasteiger charge is -2.17. The lowest BCUT2D eigenvalue weighted by Crippen LogP contribution is -2.23. The van der Waals surface area contributed by atoms with Crippen LogP contribution in [0.2, 0.25) is 0 Å². The highest BCUT2D eigenvalue weighted by Crippen LogP contribution is 2.41. The molecule has 0 amide bonds. The Kier molecular flexibility index (Phi) is 6.60. The lowest BCUT2D eigenvalue weighted by molar-refractivity contribution is -0.138. The van der Waals surface area contributed by atoms with Gasteiger partial charge in [-0.3, -0.25) is 0 Å². The summed E-state index contributed by atoms with van der Waals surface area (Å²) < 4.78 is 84.2. The van der Waals surface area contributed by atoms with Crippen LogP contribution in [-0.4, -0.2) is 29.5 Å². The van der Waals surface area contributed by atoms with E-state index in [1.807, 2.05) is 0 Å². The van der Waals surface area contributed by atoms with E-state index in [0.29, 0.717) is 0 Å². The normalized spacial score (nSPS) is 12.8. The van der Waals surface area contributed by atoms with Crippen molar-refractivity contribution in [1.29, 1.82) is 0 Å². The van der Waals surface area contributed by atoms with Gasteiger partial charge in [-0.05, 0) is 40.2 Å². The number of alkyl halides is 3. The number of benzene rings is 2. The Hall–Kier alpha value is -1.98. The predicted octanol–water partition coefficient (Wildman–Crippen LogP) is 4.44. The van der Waals surface area contributed by atoms with Gasteiger partial charge in [-0.2, -0.15) is 13.2 Å². The average Bonchev–Trinajstić information content (AvgIpc) is 2.59. The first kappa shape index (κ1) is 21.3. The van der Waals surface area contributed by atoms with Crippen LogP contribution in [0.3, 0.4) is 0 Å². The molecule has 27 heavy (non-hydrogen) atoms. The molecule has 148 valence electrons. The molecule has 0 fully saturated rings. The molecule has 0 bridgehead atoms. The van der Waals surface area contributed by atoms with Crippen molar-refractivity contribution in [1.82, 2.24) is 0 Å². The van der Waals surface area contributed by atoms with E-state index in [4.69, 9.17) is 9.84 Å². The smallest absolute Gasteiger partial charge is 0.416 e. The number of aliphatic hydroxyl groups is 2. The number of rotatable bonds is 6. The number of ether oxygens (including phenoxy) is 1. The molecule has 0 spiro atoms. The van der Waals surface area contributed by atoms with Gasteiger partial charge >= 0.3 is 6.18 Å². The summed E-state index contributed by atoms with van der Waals surface area (Å²) in [4.78, 5) is 0. The molecule has 2 aromatic carbocycles. The number of hydrogen-bond donors (Lipinski definition) is 3. The third-order valence-corrected chi connectivity index (χ3v) is 4.06. The van der Waals surface area contributed by atoms with E-state index < -0.39 is 53.4 Å². The van der Waals surface area contributed by atoms with Gasteiger partial charge in [-0.15, -0.1) is 0 Å². The van der Waals surface area contributed by atoms with E-state index in [-0.39, 0.29) is 28.8 Å². The summed E-state index contributed by atoms with van der Waals surface area (Å²) in [5.74, 6) is -5.77. The molecule has 0 saturated heterocycles. The van der Waals surface area contributed by atoms with Gasteiger partial charge < -0.3 is 20.3 Å². The topological polar surface area (TPSA) is 61.7 Å². The molecule has 0 heterocycles. The van der Waals surface area contributed by atoms with Crippen molar-refractivity contribution in [2.75, 3.05) is 18.5 Å². The van der Waals surface area contributed by atoms with Gasteiger partial charge in [0.1, 0.15) is 5.82 Å². The van der Waals surface area contributed by atoms with Crippen LogP contribution in [0, 0.1) is 17.5 Å². The standard InChI is InChI=1S/C16H12BrF6NO3/c17-13-9(18)1-2-12(24-5-8(26)6-25)15(13)27-14-10(19)3-7(4-11(14)20)16(21,22)23/h1-4,8,24-26H,5-6H2. The first-order valence-electron chi connectivity index (χ1n) is 7.29. The number of nitrogens with one attached hydrogen (secondary N) is 1. The highest BCUT2D eigenvalue weighted by Gasteiger charge is 2.33. The Morgan fingerprint density at radius 1 is 1.04 bits per heavy atom. The molecular weight excluding hydrogens is 448 g/mol. The van der Waals surface area contributed by atoms with Gasteiger partial charge in [0.15, 0.2) is 23.1 Å². The Bertz CT molecular complexity index is 808. The summed E-state index contributed by atoms with van der Waals surface area (Å²) >= 11 is 2.83. The van der Waals surface area contributed by atoms with Crippen molar-refractivity contribution >= 4 is 21.6 Å². The fourth-order valence-electron chi connectivity index (χ4n) is 1.99. The SMILES string of the molecule is OCC(O)CNc1ccc(F)c(Br)c1Oc1c(F)cc(C(F)(F)F)cc1F. The Morgan fingerprint density at radius 3 is 2.15 bits per heavy atom. The third kappa shape index (κ3) is 5.05. The van der Waals surface area contributed by atoms with E-state index in [1.54, 1.807) is 0 Å². The van der Waals surface area contributed by atoms with Crippen molar-refractivity contribution in [3.05, 3.63) is 51.8 Å². The molecule has 0 aliphatic rings. The molecule has 4 nitrogen and oxygen atoms in total. The second-order valence-electron chi connectivity index (χ2n) is 5.32. The second kappa shape index (κ2) is 8.36. The first-order valence-corrected chi connectivity index (χ1v) is 8.08. The third-order valence-electron chi connectivity index (χ3n) is 3.32. The van der Waals surface area contributed by atoms with Gasteiger partial charge in [-0.1, -0.05) is 0 Å². The number of anilines is 1. The zero-order valence-electron chi connectivity index (χ0n) is 13.2. The van der Waals surface area contributed by atoms with Gasteiger partial charge in [0.2, 0.25) is 0 Å². The number of aliphatic hydroxyl groups excluding tert-OH is 2. The molecule has 0 aliphatic heterocycles. The minimum Gasteiger partial charge on any atom is -0.448 e. The van der Waals surface area contributed by atoms with Crippen LogP contribution >= 0.6 is 15.9 Å². The van der Waals surface area contributed by atoms with Crippen LogP contribution in [0.4, 0.5) is 32.0 Å². The molecule has 1 atom stereocenters. The zero-order chi connectivity index (χ0) is 20.4. The zero-order valence-corrected chi connectivity index (χ0v) is 14.8. The molecule has 2 aromatic rings. The van der Waals surface area contributed by atoms with Crippen molar-refractivity contribution in [3.8, 4) is 11.5 Å². The van der Waals surface area contributed by atoms with E-state index in [0.717, 1.165) is 12.1 Å². The van der Waals surface area contributed by atoms with Crippen LogP contribution < -0.4 is 10.1 Å². The fourth-order valence-corrected chi connectivity index (χ4v) is 2.41. The summed E-state index contributed by atoms with van der Waals surface area (Å²) in [6.45, 7) is -0.809. The maximum atomic E-state index is 14.0. The van der Waals surface area contributed by atoms with Gasteiger partial charge in [0, 0.05) is 6.54 Å². The molecule has 2 rings (SSSR count). The minimum absolute atomic E-state index is 0.0329. The van der Waals surface area contributed by atoms with Gasteiger partial charge in [-0.25, -0.2) is 13.2 Å². The monoisotopic (exact) mass is 459 g/mol. The van der Waals surface area contributed by atoms with E-state index >= 15 is 0 Å².